The van der Waals surface area contributed by atoms with E-state index in [1.807, 2.05) is 25.3 Å². The van der Waals surface area contributed by atoms with Crippen molar-refractivity contribution in [3.63, 3.8) is 0 Å². The molecule has 5 heteroatoms. The standard InChI is InChI=1S/C20H21N3O2/c1-14-10-20(24)22-19-5-3-16(11-17(14)19)18-4-2-15(12-21-18)13-23-6-8-25-9-7-23/h2-5,10-12H,6-9,13H2,1H3,(H,22,24). The number of hydrogen-bond donors (Lipinski definition) is 1. The fraction of sp³-hybridized carbons (Fsp3) is 0.300. The zero-order chi connectivity index (χ0) is 17.2. The maximum absolute atomic E-state index is 11.6. The quantitative estimate of drug-likeness (QED) is 0.799. The number of benzene rings is 1. The van der Waals surface area contributed by atoms with Gasteiger partial charge in [-0.05, 0) is 36.2 Å². The summed E-state index contributed by atoms with van der Waals surface area (Å²) in [5.41, 5.74) is 4.98. The minimum Gasteiger partial charge on any atom is -0.379 e. The van der Waals surface area contributed by atoms with E-state index in [4.69, 9.17) is 4.74 Å². The summed E-state index contributed by atoms with van der Waals surface area (Å²) in [7, 11) is 0. The van der Waals surface area contributed by atoms with Crippen molar-refractivity contribution in [3.05, 3.63) is 64.1 Å². The van der Waals surface area contributed by atoms with E-state index in [1.165, 1.54) is 5.56 Å². The van der Waals surface area contributed by atoms with Crippen LogP contribution in [-0.4, -0.2) is 41.2 Å². The van der Waals surface area contributed by atoms with Crippen LogP contribution in [-0.2, 0) is 11.3 Å². The van der Waals surface area contributed by atoms with E-state index in [0.717, 1.165) is 60.6 Å². The Labute approximate surface area is 146 Å². The van der Waals surface area contributed by atoms with Gasteiger partial charge in [-0.25, -0.2) is 0 Å². The van der Waals surface area contributed by atoms with Gasteiger partial charge in [-0.2, -0.15) is 0 Å². The molecule has 1 fully saturated rings. The van der Waals surface area contributed by atoms with E-state index < -0.39 is 0 Å². The number of H-pyrrole nitrogens is 1. The average molecular weight is 335 g/mol. The number of morpholine rings is 1. The van der Waals surface area contributed by atoms with Gasteiger partial charge in [0.1, 0.15) is 0 Å². The van der Waals surface area contributed by atoms with Gasteiger partial charge in [-0.3, -0.25) is 14.7 Å². The second kappa shape index (κ2) is 6.78. The molecule has 1 aliphatic rings. The smallest absolute Gasteiger partial charge is 0.248 e. The zero-order valence-electron chi connectivity index (χ0n) is 14.3. The van der Waals surface area contributed by atoms with E-state index in [-0.39, 0.29) is 5.56 Å². The Bertz CT molecular complexity index is 941. The predicted molar refractivity (Wildman–Crippen MR) is 98.6 cm³/mol. The van der Waals surface area contributed by atoms with E-state index in [0.29, 0.717) is 0 Å². The highest BCUT2D eigenvalue weighted by Crippen LogP contribution is 2.23. The Morgan fingerprint density at radius 3 is 2.76 bits per heavy atom. The van der Waals surface area contributed by atoms with Gasteiger partial charge in [0.25, 0.3) is 0 Å². The summed E-state index contributed by atoms with van der Waals surface area (Å²) in [6.45, 7) is 6.44. The van der Waals surface area contributed by atoms with Crippen molar-refractivity contribution in [2.45, 2.75) is 13.5 Å². The van der Waals surface area contributed by atoms with Crippen LogP contribution in [0.25, 0.3) is 22.2 Å². The number of pyridine rings is 2. The van der Waals surface area contributed by atoms with Gasteiger partial charge in [-0.15, -0.1) is 0 Å². The highest BCUT2D eigenvalue weighted by atomic mass is 16.5. The normalized spacial score (nSPS) is 15.6. The van der Waals surface area contributed by atoms with Crippen LogP contribution in [0.4, 0.5) is 0 Å². The third-order valence-electron chi connectivity index (χ3n) is 4.68. The summed E-state index contributed by atoms with van der Waals surface area (Å²) in [6.07, 6.45) is 1.95. The second-order valence-electron chi connectivity index (χ2n) is 6.52. The van der Waals surface area contributed by atoms with Gasteiger partial charge in [0.2, 0.25) is 5.56 Å². The molecule has 0 bridgehead atoms. The average Bonchev–Trinajstić information content (AvgIpc) is 2.63. The lowest BCUT2D eigenvalue weighted by molar-refractivity contribution is 0.0341. The first-order chi connectivity index (χ1) is 12.2. The minimum atomic E-state index is -0.0664. The molecule has 0 radical (unpaired) electrons. The number of fused-ring (bicyclic) bond motifs is 1. The maximum atomic E-state index is 11.6. The van der Waals surface area contributed by atoms with Crippen LogP contribution in [0.5, 0.6) is 0 Å². The molecule has 0 amide bonds. The van der Waals surface area contributed by atoms with Crippen LogP contribution in [0.1, 0.15) is 11.1 Å². The Morgan fingerprint density at radius 1 is 1.16 bits per heavy atom. The van der Waals surface area contributed by atoms with Crippen molar-refractivity contribution in [2.75, 3.05) is 26.3 Å². The molecule has 1 aliphatic heterocycles. The molecule has 2 aromatic heterocycles. The van der Waals surface area contributed by atoms with E-state index in [1.54, 1.807) is 6.07 Å². The van der Waals surface area contributed by atoms with Gasteiger partial charge in [0.05, 0.1) is 18.9 Å². The fourth-order valence-electron chi connectivity index (χ4n) is 3.29. The molecule has 1 saturated heterocycles. The number of hydrogen-bond acceptors (Lipinski definition) is 4. The molecule has 0 aliphatic carbocycles. The van der Waals surface area contributed by atoms with Crippen LogP contribution in [0.2, 0.25) is 0 Å². The van der Waals surface area contributed by atoms with Gasteiger partial charge in [0, 0.05) is 48.4 Å². The molecule has 3 aromatic rings. The van der Waals surface area contributed by atoms with Crippen molar-refractivity contribution < 1.29 is 4.74 Å². The van der Waals surface area contributed by atoms with Crippen LogP contribution in [0.3, 0.4) is 0 Å². The molecule has 0 unspecified atom stereocenters. The molecule has 5 nitrogen and oxygen atoms in total. The van der Waals surface area contributed by atoms with Crippen molar-refractivity contribution >= 4 is 10.9 Å². The largest absolute Gasteiger partial charge is 0.379 e. The molecular weight excluding hydrogens is 314 g/mol. The summed E-state index contributed by atoms with van der Waals surface area (Å²) in [5, 5.41) is 1.05. The SMILES string of the molecule is Cc1cc(=O)[nH]c2ccc(-c3ccc(CN4CCOCC4)cn3)cc12. The Kier molecular flexibility index (Phi) is 4.34. The molecule has 4 rings (SSSR count). The number of aryl methyl sites for hydroxylation is 1. The minimum absolute atomic E-state index is 0.0664. The number of nitrogens with zero attached hydrogens (tertiary/aromatic N) is 2. The van der Waals surface area contributed by atoms with Crippen molar-refractivity contribution in [2.24, 2.45) is 0 Å². The predicted octanol–water partition coefficient (Wildman–Crippen LogP) is 2.73. The molecule has 3 heterocycles. The van der Waals surface area contributed by atoms with Crippen molar-refractivity contribution in [1.29, 1.82) is 0 Å². The maximum Gasteiger partial charge on any atom is 0.248 e. The van der Waals surface area contributed by atoms with Gasteiger partial charge in [-0.1, -0.05) is 12.1 Å². The number of ether oxygens (including phenoxy) is 1. The van der Waals surface area contributed by atoms with E-state index in [9.17, 15) is 4.79 Å². The first-order valence-electron chi connectivity index (χ1n) is 8.58. The molecule has 25 heavy (non-hydrogen) atoms. The summed E-state index contributed by atoms with van der Waals surface area (Å²) in [5.74, 6) is 0. The third kappa shape index (κ3) is 3.48. The number of aromatic nitrogens is 2. The summed E-state index contributed by atoms with van der Waals surface area (Å²) in [6, 6.07) is 11.9. The topological polar surface area (TPSA) is 58.2 Å². The van der Waals surface area contributed by atoms with Crippen LogP contribution in [0.15, 0.2) is 47.4 Å². The lowest BCUT2D eigenvalue weighted by Gasteiger charge is -2.26. The Hall–Kier alpha value is -2.50. The molecule has 0 saturated carbocycles. The summed E-state index contributed by atoms with van der Waals surface area (Å²) in [4.78, 5) is 21.5. The lowest BCUT2D eigenvalue weighted by atomic mass is 10.0. The molecule has 1 N–H and O–H groups in total. The van der Waals surface area contributed by atoms with Crippen LogP contribution < -0.4 is 5.56 Å². The molecule has 0 spiro atoms. The summed E-state index contributed by atoms with van der Waals surface area (Å²) < 4.78 is 5.39. The lowest BCUT2D eigenvalue weighted by Crippen LogP contribution is -2.35. The van der Waals surface area contributed by atoms with E-state index >= 15 is 0 Å². The highest BCUT2D eigenvalue weighted by molar-refractivity contribution is 5.86. The second-order valence-corrected chi connectivity index (χ2v) is 6.52. The Balaban J connectivity index is 1.59. The number of rotatable bonds is 3. The molecule has 1 aromatic carbocycles. The number of nitrogens with one attached hydrogen (secondary N) is 1. The molecule has 128 valence electrons. The third-order valence-corrected chi connectivity index (χ3v) is 4.68. The van der Waals surface area contributed by atoms with E-state index in [2.05, 4.69) is 33.1 Å². The zero-order valence-corrected chi connectivity index (χ0v) is 14.3. The first-order valence-corrected chi connectivity index (χ1v) is 8.58. The number of aromatic amines is 1. The van der Waals surface area contributed by atoms with Crippen LogP contribution >= 0.6 is 0 Å². The molecular formula is C20H21N3O2. The first kappa shape index (κ1) is 16.0. The van der Waals surface area contributed by atoms with Crippen LogP contribution in [0, 0.1) is 6.92 Å². The summed E-state index contributed by atoms with van der Waals surface area (Å²) >= 11 is 0. The fourth-order valence-corrected chi connectivity index (χ4v) is 3.29. The van der Waals surface area contributed by atoms with Crippen molar-refractivity contribution in [3.8, 4) is 11.3 Å². The van der Waals surface area contributed by atoms with Gasteiger partial charge in [0.15, 0.2) is 0 Å². The Morgan fingerprint density at radius 2 is 2.00 bits per heavy atom. The monoisotopic (exact) mass is 335 g/mol. The van der Waals surface area contributed by atoms with Crippen molar-refractivity contribution in [1.82, 2.24) is 14.9 Å². The van der Waals surface area contributed by atoms with Gasteiger partial charge >= 0.3 is 0 Å². The molecule has 0 atom stereocenters. The highest BCUT2D eigenvalue weighted by Gasteiger charge is 2.11. The van der Waals surface area contributed by atoms with Gasteiger partial charge < -0.3 is 9.72 Å².